The fourth-order valence-electron chi connectivity index (χ4n) is 1.91. The number of nitrogens with one attached hydrogen (secondary N) is 1. The maximum Gasteiger partial charge on any atom is 0.324 e. The number of anilines is 1. The van der Waals surface area contributed by atoms with E-state index >= 15 is 0 Å². The van der Waals surface area contributed by atoms with E-state index in [1.165, 1.54) is 4.90 Å². The van der Waals surface area contributed by atoms with Crippen LogP contribution in [0.2, 0.25) is 0 Å². The van der Waals surface area contributed by atoms with Crippen LogP contribution in [-0.4, -0.2) is 49.4 Å². The number of carbonyl (C=O) groups excluding carboxylic acids is 4. The number of ether oxygens (including phenoxy) is 1. The smallest absolute Gasteiger partial charge is 0.324 e. The highest BCUT2D eigenvalue weighted by atomic mass is 16.5. The van der Waals surface area contributed by atoms with Crippen molar-refractivity contribution in [3.05, 3.63) is 24.3 Å². The standard InChI is InChI=1S/C13H13N3O5/c17-7-14-13(20)15-5-10(6-15)21-12-4-2-1-3-11(12)16(8-18)9-19/h1-4,7-10H,5-6H2,(H,14,17,20). The second kappa shape index (κ2) is 6.51. The van der Waals surface area contributed by atoms with Crippen LogP contribution in [0.1, 0.15) is 0 Å². The topological polar surface area (TPSA) is 96.0 Å². The lowest BCUT2D eigenvalue weighted by molar-refractivity contribution is -0.114. The SMILES string of the molecule is O=CNC(=O)N1CC(Oc2ccccc2N(C=O)C=O)C1. The molecule has 0 saturated carbocycles. The molecule has 8 heteroatoms. The fourth-order valence-corrected chi connectivity index (χ4v) is 1.91. The summed E-state index contributed by atoms with van der Waals surface area (Å²) in [6, 6.07) is 6.10. The summed E-state index contributed by atoms with van der Waals surface area (Å²) in [4.78, 5) is 45.4. The Morgan fingerprint density at radius 2 is 1.90 bits per heavy atom. The van der Waals surface area contributed by atoms with Crippen molar-refractivity contribution in [3.63, 3.8) is 0 Å². The first-order chi connectivity index (χ1) is 10.2. The average Bonchev–Trinajstić information content (AvgIpc) is 2.45. The van der Waals surface area contributed by atoms with Crippen LogP contribution in [0.15, 0.2) is 24.3 Å². The largest absolute Gasteiger partial charge is 0.485 e. The van der Waals surface area contributed by atoms with E-state index in [1.807, 2.05) is 5.32 Å². The van der Waals surface area contributed by atoms with E-state index in [1.54, 1.807) is 24.3 Å². The van der Waals surface area contributed by atoms with Gasteiger partial charge in [-0.25, -0.2) is 4.79 Å². The van der Waals surface area contributed by atoms with Crippen molar-refractivity contribution >= 4 is 30.9 Å². The van der Waals surface area contributed by atoms with Crippen LogP contribution >= 0.6 is 0 Å². The van der Waals surface area contributed by atoms with Gasteiger partial charge >= 0.3 is 6.03 Å². The Hall–Kier alpha value is -2.90. The number of rotatable bonds is 6. The van der Waals surface area contributed by atoms with Gasteiger partial charge in [-0.3, -0.25) is 24.6 Å². The van der Waals surface area contributed by atoms with E-state index in [4.69, 9.17) is 4.74 Å². The van der Waals surface area contributed by atoms with Gasteiger partial charge in [0.15, 0.2) is 0 Å². The zero-order valence-electron chi connectivity index (χ0n) is 11.0. The van der Waals surface area contributed by atoms with E-state index in [-0.39, 0.29) is 6.10 Å². The highest BCUT2D eigenvalue weighted by Crippen LogP contribution is 2.29. The molecule has 21 heavy (non-hydrogen) atoms. The Morgan fingerprint density at radius 1 is 1.24 bits per heavy atom. The zero-order chi connectivity index (χ0) is 15.2. The van der Waals surface area contributed by atoms with Crippen molar-refractivity contribution in [2.24, 2.45) is 0 Å². The number of para-hydroxylation sites is 2. The summed E-state index contributed by atoms with van der Waals surface area (Å²) in [5.74, 6) is 0.372. The van der Waals surface area contributed by atoms with Crippen LogP contribution in [0.4, 0.5) is 10.5 Å². The molecule has 0 aliphatic carbocycles. The second-order valence-corrected chi connectivity index (χ2v) is 4.30. The number of benzene rings is 1. The maximum atomic E-state index is 11.3. The molecular weight excluding hydrogens is 278 g/mol. The summed E-state index contributed by atoms with van der Waals surface area (Å²) in [5.41, 5.74) is 0.332. The summed E-state index contributed by atoms with van der Waals surface area (Å²) in [7, 11) is 0. The third-order valence-corrected chi connectivity index (χ3v) is 2.98. The van der Waals surface area contributed by atoms with Gasteiger partial charge in [0.05, 0.1) is 18.8 Å². The lowest BCUT2D eigenvalue weighted by atomic mass is 10.2. The second-order valence-electron chi connectivity index (χ2n) is 4.30. The number of likely N-dealkylation sites (tertiary alicyclic amines) is 1. The molecule has 0 atom stereocenters. The van der Waals surface area contributed by atoms with Gasteiger partial charge in [0, 0.05) is 0 Å². The number of hydrogen-bond acceptors (Lipinski definition) is 5. The number of carbonyl (C=O) groups is 4. The van der Waals surface area contributed by atoms with E-state index in [9.17, 15) is 19.2 Å². The van der Waals surface area contributed by atoms with Crippen molar-refractivity contribution in [2.75, 3.05) is 18.0 Å². The number of imide groups is 2. The average molecular weight is 291 g/mol. The first-order valence-electron chi connectivity index (χ1n) is 6.13. The molecule has 1 heterocycles. The van der Waals surface area contributed by atoms with Gasteiger partial charge in [0.2, 0.25) is 19.2 Å². The van der Waals surface area contributed by atoms with E-state index in [0.717, 1.165) is 4.90 Å². The summed E-state index contributed by atoms with van der Waals surface area (Å²) in [6.07, 6.45) is 0.834. The van der Waals surface area contributed by atoms with Crippen LogP contribution in [-0.2, 0) is 14.4 Å². The summed E-state index contributed by atoms with van der Waals surface area (Å²) in [5, 5.41) is 2.03. The summed E-state index contributed by atoms with van der Waals surface area (Å²) >= 11 is 0. The fraction of sp³-hybridized carbons (Fsp3) is 0.231. The normalized spacial score (nSPS) is 13.8. The number of urea groups is 1. The molecule has 1 saturated heterocycles. The van der Waals surface area contributed by atoms with Crippen molar-refractivity contribution in [3.8, 4) is 5.75 Å². The Balaban J connectivity index is 1.99. The first-order valence-corrected chi connectivity index (χ1v) is 6.13. The monoisotopic (exact) mass is 291 g/mol. The van der Waals surface area contributed by atoms with Crippen molar-refractivity contribution in [1.29, 1.82) is 0 Å². The van der Waals surface area contributed by atoms with Gasteiger partial charge in [0.1, 0.15) is 11.9 Å². The lowest BCUT2D eigenvalue weighted by Crippen LogP contribution is -2.58. The summed E-state index contributed by atoms with van der Waals surface area (Å²) in [6.45, 7) is 0.631. The Bertz CT molecular complexity index is 548. The molecule has 2 rings (SSSR count). The van der Waals surface area contributed by atoms with Crippen LogP contribution in [0.25, 0.3) is 0 Å². The predicted molar refractivity (Wildman–Crippen MR) is 71.6 cm³/mol. The molecule has 1 aliphatic rings. The van der Waals surface area contributed by atoms with E-state index in [0.29, 0.717) is 43.8 Å². The van der Waals surface area contributed by atoms with Gasteiger partial charge in [-0.2, -0.15) is 0 Å². The van der Waals surface area contributed by atoms with Gasteiger partial charge in [-0.15, -0.1) is 0 Å². The molecular formula is C13H13N3O5. The van der Waals surface area contributed by atoms with Crippen molar-refractivity contribution in [2.45, 2.75) is 6.10 Å². The molecule has 0 spiro atoms. The van der Waals surface area contributed by atoms with Crippen LogP contribution in [0.3, 0.4) is 0 Å². The highest BCUT2D eigenvalue weighted by molar-refractivity contribution is 5.97. The van der Waals surface area contributed by atoms with Crippen LogP contribution < -0.4 is 15.0 Å². The first kappa shape index (κ1) is 14.5. The lowest BCUT2D eigenvalue weighted by Gasteiger charge is -2.38. The Kier molecular flexibility index (Phi) is 4.50. The van der Waals surface area contributed by atoms with Gasteiger partial charge in [0.25, 0.3) is 0 Å². The molecule has 1 N–H and O–H groups in total. The molecule has 1 aromatic carbocycles. The molecule has 0 bridgehead atoms. The minimum atomic E-state index is -0.486. The molecule has 1 fully saturated rings. The van der Waals surface area contributed by atoms with Crippen LogP contribution in [0.5, 0.6) is 5.75 Å². The molecule has 110 valence electrons. The Morgan fingerprint density at radius 3 is 2.52 bits per heavy atom. The third-order valence-electron chi connectivity index (χ3n) is 2.98. The molecule has 8 nitrogen and oxygen atoms in total. The van der Waals surface area contributed by atoms with Crippen molar-refractivity contribution < 1.29 is 23.9 Å². The minimum absolute atomic E-state index is 0.260. The Labute approximate surface area is 120 Å². The molecule has 1 aromatic rings. The minimum Gasteiger partial charge on any atom is -0.485 e. The molecule has 1 aliphatic heterocycles. The van der Waals surface area contributed by atoms with Crippen molar-refractivity contribution in [1.82, 2.24) is 10.2 Å². The molecule has 0 aromatic heterocycles. The number of nitrogens with zero attached hydrogens (tertiary/aromatic N) is 2. The van der Waals surface area contributed by atoms with E-state index in [2.05, 4.69) is 0 Å². The van der Waals surface area contributed by atoms with Crippen LogP contribution in [0, 0.1) is 0 Å². The van der Waals surface area contributed by atoms with Gasteiger partial charge in [-0.1, -0.05) is 12.1 Å². The van der Waals surface area contributed by atoms with Gasteiger partial charge in [-0.05, 0) is 12.1 Å². The molecule has 5 amide bonds. The zero-order valence-corrected chi connectivity index (χ0v) is 11.0. The van der Waals surface area contributed by atoms with E-state index < -0.39 is 6.03 Å². The molecule has 0 radical (unpaired) electrons. The number of amides is 5. The highest BCUT2D eigenvalue weighted by Gasteiger charge is 2.32. The summed E-state index contributed by atoms with van der Waals surface area (Å²) < 4.78 is 5.66. The predicted octanol–water partition coefficient (Wildman–Crippen LogP) is -0.265. The number of hydrogen-bond donors (Lipinski definition) is 1. The van der Waals surface area contributed by atoms with Gasteiger partial charge < -0.3 is 9.64 Å². The maximum absolute atomic E-state index is 11.3. The quantitative estimate of drug-likeness (QED) is 0.728. The molecule has 0 unspecified atom stereocenters. The third kappa shape index (κ3) is 3.16.